The predicted molar refractivity (Wildman–Crippen MR) is 83.9 cm³/mol. The van der Waals surface area contributed by atoms with Gasteiger partial charge in [0.15, 0.2) is 0 Å². The van der Waals surface area contributed by atoms with Gasteiger partial charge in [0.25, 0.3) is 0 Å². The van der Waals surface area contributed by atoms with Crippen molar-refractivity contribution in [2.24, 2.45) is 0 Å². The third-order valence-electron chi connectivity index (χ3n) is 4.31. The maximum absolute atomic E-state index is 9.51. The molecule has 0 unspecified atom stereocenters. The van der Waals surface area contributed by atoms with Crippen LogP contribution in [0.25, 0.3) is 11.1 Å². The molecule has 2 N–H and O–H groups in total. The normalized spacial score (nSPS) is 16.4. The molecule has 0 bridgehead atoms. The van der Waals surface area contributed by atoms with E-state index in [1.165, 1.54) is 16.8 Å². The molecule has 0 spiro atoms. The van der Waals surface area contributed by atoms with Crippen molar-refractivity contribution in [2.45, 2.75) is 32.3 Å². The number of benzene rings is 2. The molecule has 104 valence electrons. The van der Waals surface area contributed by atoms with Gasteiger partial charge in [-0.15, -0.1) is 0 Å². The quantitative estimate of drug-likeness (QED) is 0.864. The lowest BCUT2D eigenvalue weighted by Crippen LogP contribution is -2.28. The second-order valence-corrected chi connectivity index (χ2v) is 6.14. The summed E-state index contributed by atoms with van der Waals surface area (Å²) in [6.07, 6.45) is 1.14. The highest BCUT2D eigenvalue weighted by Gasteiger charge is 2.27. The highest BCUT2D eigenvalue weighted by molar-refractivity contribution is 5.72. The van der Waals surface area contributed by atoms with Gasteiger partial charge < -0.3 is 10.4 Å². The third-order valence-corrected chi connectivity index (χ3v) is 4.31. The summed E-state index contributed by atoms with van der Waals surface area (Å²) >= 11 is 0. The number of nitrogens with one attached hydrogen (secondary N) is 1. The minimum atomic E-state index is 0.0783. The van der Waals surface area contributed by atoms with Crippen LogP contribution in [0.2, 0.25) is 0 Å². The Labute approximate surface area is 120 Å². The molecule has 20 heavy (non-hydrogen) atoms. The van der Waals surface area contributed by atoms with Gasteiger partial charge in [-0.05, 0) is 46.2 Å². The minimum Gasteiger partial charge on any atom is -0.392 e. The molecule has 2 nitrogen and oxygen atoms in total. The fourth-order valence-corrected chi connectivity index (χ4v) is 3.01. The van der Waals surface area contributed by atoms with E-state index in [2.05, 4.69) is 43.4 Å². The number of hydrogen-bond acceptors (Lipinski definition) is 2. The first-order valence-electron chi connectivity index (χ1n) is 7.19. The van der Waals surface area contributed by atoms with E-state index >= 15 is 0 Å². The smallest absolute Gasteiger partial charge is 0.0687 e. The Bertz CT molecular complexity index is 631. The maximum Gasteiger partial charge on any atom is 0.0687 e. The standard InChI is InChI=1S/C18H21NO/c1-18(2)9-10-19-17-8-7-13(11-16(17)18)15-6-4-3-5-14(15)12-20/h3-8,11,19-20H,9-10,12H2,1-2H3. The molecule has 0 atom stereocenters. The molecule has 1 aliphatic rings. The van der Waals surface area contributed by atoms with Crippen LogP contribution in [0.1, 0.15) is 31.4 Å². The fourth-order valence-electron chi connectivity index (χ4n) is 3.01. The average Bonchev–Trinajstić information content (AvgIpc) is 2.47. The molecule has 0 fully saturated rings. The van der Waals surface area contributed by atoms with Crippen molar-refractivity contribution < 1.29 is 5.11 Å². The van der Waals surface area contributed by atoms with Gasteiger partial charge >= 0.3 is 0 Å². The van der Waals surface area contributed by atoms with Gasteiger partial charge in [-0.25, -0.2) is 0 Å². The number of hydrogen-bond donors (Lipinski definition) is 2. The molecule has 0 aliphatic carbocycles. The molecule has 3 rings (SSSR count). The van der Waals surface area contributed by atoms with E-state index in [0.717, 1.165) is 24.1 Å². The molecule has 0 saturated heterocycles. The highest BCUT2D eigenvalue weighted by Crippen LogP contribution is 2.39. The molecule has 0 amide bonds. The molecule has 0 aromatic heterocycles. The van der Waals surface area contributed by atoms with Crippen LogP contribution < -0.4 is 5.32 Å². The fraction of sp³-hybridized carbons (Fsp3) is 0.333. The van der Waals surface area contributed by atoms with Crippen molar-refractivity contribution in [3.63, 3.8) is 0 Å². The second-order valence-electron chi connectivity index (χ2n) is 6.14. The molecule has 2 aromatic rings. The van der Waals surface area contributed by atoms with Crippen molar-refractivity contribution in [1.29, 1.82) is 0 Å². The Kier molecular flexibility index (Phi) is 3.27. The summed E-state index contributed by atoms with van der Waals surface area (Å²) in [6.45, 7) is 5.71. The Morgan fingerprint density at radius 3 is 2.75 bits per heavy atom. The first-order valence-corrected chi connectivity index (χ1v) is 7.19. The average molecular weight is 267 g/mol. The molecule has 2 aromatic carbocycles. The number of rotatable bonds is 2. The lowest BCUT2D eigenvalue weighted by atomic mass is 9.77. The van der Waals surface area contributed by atoms with E-state index in [4.69, 9.17) is 0 Å². The second kappa shape index (κ2) is 4.95. The molecular weight excluding hydrogens is 246 g/mol. The first kappa shape index (κ1) is 13.2. The van der Waals surface area contributed by atoms with E-state index in [9.17, 15) is 5.11 Å². The molecule has 2 heteroatoms. The van der Waals surface area contributed by atoms with Gasteiger partial charge in [0.1, 0.15) is 0 Å². The summed E-state index contributed by atoms with van der Waals surface area (Å²) in [5, 5.41) is 13.0. The van der Waals surface area contributed by atoms with Crippen LogP contribution in [0.15, 0.2) is 42.5 Å². The van der Waals surface area contributed by atoms with E-state index in [0.29, 0.717) is 0 Å². The van der Waals surface area contributed by atoms with Gasteiger partial charge in [0.2, 0.25) is 0 Å². The van der Waals surface area contributed by atoms with Crippen LogP contribution in [-0.2, 0) is 12.0 Å². The zero-order valence-corrected chi connectivity index (χ0v) is 12.1. The van der Waals surface area contributed by atoms with E-state index in [1.54, 1.807) is 0 Å². The maximum atomic E-state index is 9.51. The van der Waals surface area contributed by atoms with Crippen LogP contribution in [0.4, 0.5) is 5.69 Å². The lowest BCUT2D eigenvalue weighted by Gasteiger charge is -2.33. The number of aliphatic hydroxyl groups is 1. The van der Waals surface area contributed by atoms with Crippen molar-refractivity contribution in [3.8, 4) is 11.1 Å². The predicted octanol–water partition coefficient (Wildman–Crippen LogP) is 3.94. The lowest BCUT2D eigenvalue weighted by molar-refractivity contribution is 0.282. The number of aliphatic hydroxyl groups excluding tert-OH is 1. The molecule has 0 saturated carbocycles. The van der Waals surface area contributed by atoms with Crippen molar-refractivity contribution in [1.82, 2.24) is 0 Å². The summed E-state index contributed by atoms with van der Waals surface area (Å²) in [7, 11) is 0. The Morgan fingerprint density at radius 2 is 1.95 bits per heavy atom. The van der Waals surface area contributed by atoms with E-state index < -0.39 is 0 Å². The van der Waals surface area contributed by atoms with Crippen LogP contribution in [-0.4, -0.2) is 11.7 Å². The summed E-state index contributed by atoms with van der Waals surface area (Å²) in [5.41, 5.74) is 6.10. The highest BCUT2D eigenvalue weighted by atomic mass is 16.3. The van der Waals surface area contributed by atoms with Crippen molar-refractivity contribution in [3.05, 3.63) is 53.6 Å². The topological polar surface area (TPSA) is 32.3 Å². The molecule has 0 radical (unpaired) electrons. The minimum absolute atomic E-state index is 0.0783. The monoisotopic (exact) mass is 267 g/mol. The van der Waals surface area contributed by atoms with Crippen LogP contribution in [0, 0.1) is 0 Å². The molecule has 1 aliphatic heterocycles. The molecular formula is C18H21NO. The third kappa shape index (κ3) is 2.20. The van der Waals surface area contributed by atoms with Gasteiger partial charge in [0.05, 0.1) is 6.61 Å². The number of anilines is 1. The summed E-state index contributed by atoms with van der Waals surface area (Å²) in [5.74, 6) is 0. The van der Waals surface area contributed by atoms with Crippen molar-refractivity contribution in [2.75, 3.05) is 11.9 Å². The Morgan fingerprint density at radius 1 is 1.15 bits per heavy atom. The van der Waals surface area contributed by atoms with Crippen LogP contribution in [0.5, 0.6) is 0 Å². The summed E-state index contributed by atoms with van der Waals surface area (Å²) in [6, 6.07) is 14.6. The van der Waals surface area contributed by atoms with E-state index in [1.807, 2.05) is 18.2 Å². The summed E-state index contributed by atoms with van der Waals surface area (Å²) in [4.78, 5) is 0. The zero-order chi connectivity index (χ0) is 14.2. The largest absolute Gasteiger partial charge is 0.392 e. The Balaban J connectivity index is 2.13. The van der Waals surface area contributed by atoms with Gasteiger partial charge in [0, 0.05) is 12.2 Å². The van der Waals surface area contributed by atoms with Crippen LogP contribution in [0.3, 0.4) is 0 Å². The SMILES string of the molecule is CC1(C)CCNc2ccc(-c3ccccc3CO)cc21. The van der Waals surface area contributed by atoms with Gasteiger partial charge in [-0.3, -0.25) is 0 Å². The van der Waals surface area contributed by atoms with Gasteiger partial charge in [-0.1, -0.05) is 44.2 Å². The van der Waals surface area contributed by atoms with Crippen molar-refractivity contribution >= 4 is 5.69 Å². The molecule has 1 heterocycles. The Hall–Kier alpha value is -1.80. The first-order chi connectivity index (χ1) is 9.62. The van der Waals surface area contributed by atoms with Crippen LogP contribution >= 0.6 is 0 Å². The van der Waals surface area contributed by atoms with E-state index in [-0.39, 0.29) is 12.0 Å². The zero-order valence-electron chi connectivity index (χ0n) is 12.1. The summed E-state index contributed by atoms with van der Waals surface area (Å²) < 4.78 is 0. The number of fused-ring (bicyclic) bond motifs is 1. The van der Waals surface area contributed by atoms with Gasteiger partial charge in [-0.2, -0.15) is 0 Å².